The molecule has 6 rings (SSSR count). The van der Waals surface area contributed by atoms with E-state index in [2.05, 4.69) is 91.0 Å². The smallest absolute Gasteiger partial charge is 0.351 e. The fourth-order valence-corrected chi connectivity index (χ4v) is 5.20. The van der Waals surface area contributed by atoms with E-state index in [1.165, 1.54) is 49.9 Å². The highest BCUT2D eigenvalue weighted by Crippen LogP contribution is 2.44. The summed E-state index contributed by atoms with van der Waals surface area (Å²) in [5.74, 6) is -1.13. The Morgan fingerprint density at radius 1 is 0.526 bits per heavy atom. The van der Waals surface area contributed by atoms with Crippen molar-refractivity contribution >= 4 is 33.6 Å². The molecule has 0 fully saturated rings. The van der Waals surface area contributed by atoms with Crippen LogP contribution < -0.4 is 5.73 Å². The summed E-state index contributed by atoms with van der Waals surface area (Å²) >= 11 is 0. The molecule has 0 aliphatic carbocycles. The van der Waals surface area contributed by atoms with Crippen LogP contribution >= 0.6 is 0 Å². The molecule has 0 atom stereocenters. The lowest BCUT2D eigenvalue weighted by molar-refractivity contribution is -0.132. The molecule has 0 heterocycles. The predicted molar refractivity (Wildman–Crippen MR) is 158 cm³/mol. The highest BCUT2D eigenvalue weighted by molar-refractivity contribution is 6.21. The highest BCUT2D eigenvalue weighted by atomic mass is 16.4. The molecular weight excluding hydrogens is 466 g/mol. The van der Waals surface area contributed by atoms with Gasteiger partial charge in [0.25, 0.3) is 0 Å². The van der Waals surface area contributed by atoms with Crippen molar-refractivity contribution in [1.29, 1.82) is 0 Å². The van der Waals surface area contributed by atoms with Gasteiger partial charge < -0.3 is 10.8 Å². The van der Waals surface area contributed by atoms with Crippen LogP contribution in [0, 0.1) is 0 Å². The van der Waals surface area contributed by atoms with Crippen LogP contribution in [0.4, 0.5) is 0 Å². The SMILES string of the molecule is N/C(=C\c1ccc(-c2ccc3c(-c4ccccc4)c4ccccc4c(-c4ccccc4)c3c2)cc1)C(=O)O. The molecule has 6 aromatic carbocycles. The number of carboxylic acids is 1. The first kappa shape index (κ1) is 23.3. The van der Waals surface area contributed by atoms with Gasteiger partial charge in [-0.1, -0.05) is 121 Å². The lowest BCUT2D eigenvalue weighted by Gasteiger charge is -2.18. The minimum Gasteiger partial charge on any atom is -0.477 e. The van der Waals surface area contributed by atoms with Crippen LogP contribution in [0.25, 0.3) is 61.0 Å². The number of carbonyl (C=O) groups is 1. The molecule has 3 heteroatoms. The van der Waals surface area contributed by atoms with Gasteiger partial charge in [0.2, 0.25) is 0 Å². The second-order valence-corrected chi connectivity index (χ2v) is 9.31. The van der Waals surface area contributed by atoms with Gasteiger partial charge >= 0.3 is 5.97 Å². The monoisotopic (exact) mass is 491 g/mol. The van der Waals surface area contributed by atoms with Gasteiger partial charge in [-0.25, -0.2) is 4.79 Å². The average molecular weight is 492 g/mol. The maximum atomic E-state index is 11.1. The lowest BCUT2D eigenvalue weighted by Crippen LogP contribution is -2.09. The average Bonchev–Trinajstić information content (AvgIpc) is 2.96. The van der Waals surface area contributed by atoms with Gasteiger partial charge in [0.1, 0.15) is 5.70 Å². The molecule has 0 bridgehead atoms. The lowest BCUT2D eigenvalue weighted by atomic mass is 9.85. The summed E-state index contributed by atoms with van der Waals surface area (Å²) in [7, 11) is 0. The summed E-state index contributed by atoms with van der Waals surface area (Å²) in [5, 5.41) is 13.9. The maximum Gasteiger partial charge on any atom is 0.351 e. The summed E-state index contributed by atoms with van der Waals surface area (Å²) < 4.78 is 0. The van der Waals surface area contributed by atoms with Crippen LogP contribution in [0.1, 0.15) is 5.56 Å². The molecule has 0 radical (unpaired) electrons. The van der Waals surface area contributed by atoms with Gasteiger partial charge in [-0.15, -0.1) is 0 Å². The Labute approximate surface area is 221 Å². The van der Waals surface area contributed by atoms with Gasteiger partial charge in [0, 0.05) is 0 Å². The Balaban J connectivity index is 1.63. The van der Waals surface area contributed by atoms with E-state index in [-0.39, 0.29) is 5.70 Å². The molecule has 0 saturated carbocycles. The second-order valence-electron chi connectivity index (χ2n) is 9.31. The molecule has 0 spiro atoms. The zero-order chi connectivity index (χ0) is 26.1. The number of carboxylic acid groups (broad SMARTS) is 1. The van der Waals surface area contributed by atoms with Crippen LogP contribution in [0.3, 0.4) is 0 Å². The quantitative estimate of drug-likeness (QED) is 0.188. The standard InChI is InChI=1S/C35H25NO2/c36-32(35(37)38)21-23-15-17-24(18-16-23)27-19-20-30-31(22-27)34(26-11-5-2-6-12-26)29-14-8-7-13-28(29)33(30)25-9-3-1-4-10-25/h1-22H,36H2,(H,37,38)/b32-21-. The predicted octanol–water partition coefficient (Wildman–Crippen LogP) is 8.38. The third-order valence-corrected chi connectivity index (χ3v) is 6.96. The van der Waals surface area contributed by atoms with Crippen LogP contribution in [-0.4, -0.2) is 11.1 Å². The van der Waals surface area contributed by atoms with Gasteiger partial charge in [-0.2, -0.15) is 0 Å². The topological polar surface area (TPSA) is 63.3 Å². The first-order chi connectivity index (χ1) is 18.6. The van der Waals surface area contributed by atoms with Crippen molar-refractivity contribution in [3.8, 4) is 33.4 Å². The van der Waals surface area contributed by atoms with Crippen molar-refractivity contribution in [2.45, 2.75) is 0 Å². The number of fused-ring (bicyclic) bond motifs is 2. The Morgan fingerprint density at radius 2 is 1.00 bits per heavy atom. The summed E-state index contributed by atoms with van der Waals surface area (Å²) in [6.07, 6.45) is 1.47. The molecule has 3 N–H and O–H groups in total. The number of aliphatic carboxylic acids is 1. The summed E-state index contributed by atoms with van der Waals surface area (Å²) in [4.78, 5) is 11.1. The number of benzene rings is 6. The van der Waals surface area contributed by atoms with Crippen LogP contribution in [0.2, 0.25) is 0 Å². The van der Waals surface area contributed by atoms with Crippen molar-refractivity contribution in [1.82, 2.24) is 0 Å². The van der Waals surface area contributed by atoms with Crippen molar-refractivity contribution < 1.29 is 9.90 Å². The maximum absolute atomic E-state index is 11.1. The summed E-state index contributed by atoms with van der Waals surface area (Å²) in [6, 6.07) is 44.2. The van der Waals surface area contributed by atoms with E-state index in [4.69, 9.17) is 10.8 Å². The molecule has 0 amide bonds. The zero-order valence-electron chi connectivity index (χ0n) is 20.6. The van der Waals surface area contributed by atoms with Crippen LogP contribution in [0.5, 0.6) is 0 Å². The van der Waals surface area contributed by atoms with E-state index in [0.717, 1.165) is 16.7 Å². The van der Waals surface area contributed by atoms with Gasteiger partial charge in [-0.05, 0) is 72.6 Å². The van der Waals surface area contributed by atoms with E-state index in [9.17, 15) is 4.79 Å². The zero-order valence-corrected chi connectivity index (χ0v) is 20.6. The fraction of sp³-hybridized carbons (Fsp3) is 0. The van der Waals surface area contributed by atoms with E-state index in [1.54, 1.807) is 0 Å². The first-order valence-corrected chi connectivity index (χ1v) is 12.5. The van der Waals surface area contributed by atoms with Gasteiger partial charge in [0.15, 0.2) is 0 Å². The highest BCUT2D eigenvalue weighted by Gasteiger charge is 2.17. The molecular formula is C35H25NO2. The molecule has 3 nitrogen and oxygen atoms in total. The largest absolute Gasteiger partial charge is 0.477 e. The van der Waals surface area contributed by atoms with Crippen molar-refractivity contribution in [3.63, 3.8) is 0 Å². The molecule has 0 saturated heterocycles. The number of nitrogens with two attached hydrogens (primary N) is 1. The van der Waals surface area contributed by atoms with Crippen LogP contribution in [0.15, 0.2) is 133 Å². The van der Waals surface area contributed by atoms with Gasteiger partial charge in [-0.3, -0.25) is 0 Å². The van der Waals surface area contributed by atoms with E-state index < -0.39 is 5.97 Å². The molecule has 6 aromatic rings. The minimum absolute atomic E-state index is 0.184. The van der Waals surface area contributed by atoms with Crippen molar-refractivity contribution in [2.75, 3.05) is 0 Å². The minimum atomic E-state index is -1.13. The fourth-order valence-electron chi connectivity index (χ4n) is 5.20. The second kappa shape index (κ2) is 9.72. The van der Waals surface area contributed by atoms with Crippen molar-refractivity contribution in [2.24, 2.45) is 5.73 Å². The number of rotatable bonds is 5. The third kappa shape index (κ3) is 4.21. The van der Waals surface area contributed by atoms with Gasteiger partial charge in [0.05, 0.1) is 0 Å². The third-order valence-electron chi connectivity index (χ3n) is 6.96. The number of hydrogen-bond acceptors (Lipinski definition) is 2. The Hall–Kier alpha value is -5.15. The van der Waals surface area contributed by atoms with E-state index in [0.29, 0.717) is 0 Å². The molecule has 0 unspecified atom stereocenters. The Kier molecular flexibility index (Phi) is 5.95. The van der Waals surface area contributed by atoms with Crippen molar-refractivity contribution in [3.05, 3.63) is 139 Å². The first-order valence-electron chi connectivity index (χ1n) is 12.5. The molecule has 0 aromatic heterocycles. The molecule has 38 heavy (non-hydrogen) atoms. The number of hydrogen-bond donors (Lipinski definition) is 2. The summed E-state index contributed by atoms with van der Waals surface area (Å²) in [5.41, 5.74) is 13.1. The van der Waals surface area contributed by atoms with Crippen LogP contribution in [-0.2, 0) is 4.79 Å². The molecule has 0 aliphatic rings. The normalized spacial score (nSPS) is 11.6. The molecule has 182 valence electrons. The van der Waals surface area contributed by atoms with E-state index in [1.807, 2.05) is 36.4 Å². The molecule has 0 aliphatic heterocycles. The Morgan fingerprint density at radius 3 is 1.55 bits per heavy atom. The van der Waals surface area contributed by atoms with E-state index >= 15 is 0 Å². The Bertz CT molecular complexity index is 1820. The summed E-state index contributed by atoms with van der Waals surface area (Å²) in [6.45, 7) is 0.